The Morgan fingerprint density at radius 3 is 1.73 bits per heavy atom. The highest BCUT2D eigenvalue weighted by Crippen LogP contribution is 2.31. The highest BCUT2D eigenvalue weighted by Gasteiger charge is 2.49. The summed E-state index contributed by atoms with van der Waals surface area (Å²) in [4.78, 5) is 0. The lowest BCUT2D eigenvalue weighted by molar-refractivity contribution is 0.285. The Bertz CT molecular complexity index is 967. The fraction of sp³-hybridized carbons (Fsp3) is 0.357. The quantitative estimate of drug-likeness (QED) is 0.428. The van der Waals surface area contributed by atoms with E-state index in [-0.39, 0.29) is 22.6 Å². The summed E-state index contributed by atoms with van der Waals surface area (Å²) < 4.78 is 16.8. The molecule has 0 saturated heterocycles. The molecule has 0 heterocycles. The second kappa shape index (κ2) is 11.4. The smallest absolute Gasteiger partial charge is 0.138 e. The van der Waals surface area contributed by atoms with Gasteiger partial charge in [0.25, 0.3) is 0 Å². The average Bonchev–Trinajstić information content (AvgIpc) is 2.81. The van der Waals surface area contributed by atoms with Crippen LogP contribution in [0.4, 0.5) is 0 Å². The Hall–Kier alpha value is -2.05. The maximum absolute atomic E-state index is 13.5. The summed E-state index contributed by atoms with van der Waals surface area (Å²) in [5.41, 5.74) is 1.43. The molecule has 0 spiro atoms. The average molecular weight is 480 g/mol. The molecule has 0 aliphatic rings. The Kier molecular flexibility index (Phi) is 8.82. The molecule has 0 aliphatic heterocycles. The predicted molar refractivity (Wildman–Crippen MR) is 144 cm³/mol. The molecule has 3 nitrogen and oxygen atoms in total. The lowest BCUT2D eigenvalue weighted by Gasteiger charge is -2.45. The van der Waals surface area contributed by atoms with Crippen molar-refractivity contribution >= 4 is 29.4 Å². The largest absolute Gasteiger partial charge is 0.396 e. The van der Waals surface area contributed by atoms with Crippen LogP contribution in [0.1, 0.15) is 39.7 Å². The lowest BCUT2D eigenvalue weighted by Crippen LogP contribution is -2.73. The second-order valence-corrected chi connectivity index (χ2v) is 16.3. The normalized spacial score (nSPS) is 15.1. The zero-order chi connectivity index (χ0) is 23.9. The molecule has 3 aromatic carbocycles. The van der Waals surface area contributed by atoms with Gasteiger partial charge in [0.05, 0.1) is 15.7 Å². The van der Waals surface area contributed by atoms with Gasteiger partial charge in [0.15, 0.2) is 0 Å². The molecule has 3 rings (SSSR count). The van der Waals surface area contributed by atoms with E-state index in [1.807, 2.05) is 26.8 Å². The highest BCUT2D eigenvalue weighted by molar-refractivity contribution is 7.84. The summed E-state index contributed by atoms with van der Waals surface area (Å²) in [5.74, 6) is 0. The molecule has 1 unspecified atom stereocenters. The van der Waals surface area contributed by atoms with Crippen molar-refractivity contribution in [1.82, 2.24) is 4.72 Å². The number of aliphatic hydroxyl groups is 1. The molecular weight excluding hydrogens is 442 g/mol. The Morgan fingerprint density at radius 1 is 0.848 bits per heavy atom. The van der Waals surface area contributed by atoms with Gasteiger partial charge >= 0.3 is 0 Å². The van der Waals surface area contributed by atoms with Crippen molar-refractivity contribution in [1.29, 1.82) is 0 Å². The van der Waals surface area contributed by atoms with Crippen LogP contribution in [0.15, 0.2) is 91.0 Å². The molecule has 3 atom stereocenters. The van der Waals surface area contributed by atoms with Gasteiger partial charge in [-0.15, -0.1) is 0 Å². The van der Waals surface area contributed by atoms with Crippen LogP contribution in [0.3, 0.4) is 0 Å². The van der Waals surface area contributed by atoms with Crippen LogP contribution in [-0.4, -0.2) is 34.4 Å². The van der Waals surface area contributed by atoms with Gasteiger partial charge in [-0.05, 0) is 44.7 Å². The van der Waals surface area contributed by atoms with Crippen LogP contribution in [0.5, 0.6) is 0 Å². The molecule has 33 heavy (non-hydrogen) atoms. The number of rotatable bonds is 10. The fourth-order valence-corrected chi connectivity index (χ4v) is 12.1. The van der Waals surface area contributed by atoms with Gasteiger partial charge in [-0.2, -0.15) is 0 Å². The fourth-order valence-electron chi connectivity index (χ4n) is 4.78. The SMILES string of the molecule is C[C@@H](CCO)[Si](c1ccccc1)(c1ccccc1)[C@H](Cc1ccccc1)NS(=O)C(C)(C)C. The van der Waals surface area contributed by atoms with Crippen molar-refractivity contribution in [3.8, 4) is 0 Å². The third-order valence-electron chi connectivity index (χ3n) is 6.48. The van der Waals surface area contributed by atoms with Crippen LogP contribution in [0, 0.1) is 0 Å². The van der Waals surface area contributed by atoms with Crippen LogP contribution < -0.4 is 15.1 Å². The van der Waals surface area contributed by atoms with Gasteiger partial charge in [-0.25, -0.2) is 8.93 Å². The minimum absolute atomic E-state index is 0.0219. The van der Waals surface area contributed by atoms with Crippen molar-refractivity contribution < 1.29 is 9.32 Å². The molecule has 0 bridgehead atoms. The van der Waals surface area contributed by atoms with Crippen molar-refractivity contribution in [3.05, 3.63) is 96.6 Å². The van der Waals surface area contributed by atoms with Crippen molar-refractivity contribution in [2.75, 3.05) is 6.61 Å². The lowest BCUT2D eigenvalue weighted by atomic mass is 10.1. The molecule has 3 aromatic rings. The third-order valence-corrected chi connectivity index (χ3v) is 14.2. The van der Waals surface area contributed by atoms with E-state index < -0.39 is 19.1 Å². The van der Waals surface area contributed by atoms with E-state index in [0.29, 0.717) is 6.42 Å². The maximum atomic E-state index is 13.5. The molecule has 0 saturated carbocycles. The standard InChI is InChI=1S/C28H37NO2SSi/c1-23(20-21-30)33(25-16-10-6-11-17-25,26-18-12-7-13-19-26)27(29-32(31)28(2,3)4)22-24-14-8-5-9-15-24/h5-19,23,27,29-30H,20-22H2,1-4H3/t23-,27+,32?/m0/s1. The molecule has 0 fully saturated rings. The van der Waals surface area contributed by atoms with Crippen LogP contribution in [0.2, 0.25) is 5.54 Å². The molecule has 176 valence electrons. The first-order chi connectivity index (χ1) is 15.8. The molecular formula is C28H37NO2SSi. The van der Waals surface area contributed by atoms with Gasteiger partial charge in [0.2, 0.25) is 0 Å². The second-order valence-electron chi connectivity index (χ2n) is 9.76. The van der Waals surface area contributed by atoms with E-state index in [0.717, 1.165) is 6.42 Å². The van der Waals surface area contributed by atoms with E-state index in [1.165, 1.54) is 15.9 Å². The predicted octanol–water partition coefficient (Wildman–Crippen LogP) is 4.22. The Morgan fingerprint density at radius 2 is 1.30 bits per heavy atom. The van der Waals surface area contributed by atoms with Crippen LogP contribution >= 0.6 is 0 Å². The summed E-state index contributed by atoms with van der Waals surface area (Å²) >= 11 is 0. The van der Waals surface area contributed by atoms with E-state index in [2.05, 4.69) is 96.6 Å². The van der Waals surface area contributed by atoms with E-state index in [1.54, 1.807) is 0 Å². The van der Waals surface area contributed by atoms with Gasteiger partial charge in [-0.3, -0.25) is 0 Å². The highest BCUT2D eigenvalue weighted by atomic mass is 32.2. The van der Waals surface area contributed by atoms with Gasteiger partial charge in [0.1, 0.15) is 8.07 Å². The van der Waals surface area contributed by atoms with Crippen LogP contribution in [-0.2, 0) is 17.4 Å². The number of nitrogens with one attached hydrogen (secondary N) is 1. The number of hydrogen-bond donors (Lipinski definition) is 2. The van der Waals surface area contributed by atoms with E-state index in [9.17, 15) is 9.32 Å². The zero-order valence-corrected chi connectivity index (χ0v) is 22.0. The topological polar surface area (TPSA) is 49.3 Å². The van der Waals surface area contributed by atoms with Gasteiger partial charge in [0, 0.05) is 12.3 Å². The summed E-state index contributed by atoms with van der Waals surface area (Å²) in [6.45, 7) is 8.45. The minimum Gasteiger partial charge on any atom is -0.396 e. The van der Waals surface area contributed by atoms with Crippen molar-refractivity contribution in [3.63, 3.8) is 0 Å². The molecule has 0 aromatic heterocycles. The van der Waals surface area contributed by atoms with Gasteiger partial charge in [-0.1, -0.05) is 108 Å². The third kappa shape index (κ3) is 5.90. The monoisotopic (exact) mass is 479 g/mol. The minimum atomic E-state index is -2.59. The number of hydrogen-bond acceptors (Lipinski definition) is 2. The molecule has 0 radical (unpaired) electrons. The first-order valence-electron chi connectivity index (χ1n) is 11.7. The summed E-state index contributed by atoms with van der Waals surface area (Å²) in [6.07, 6.45) is 1.47. The molecule has 0 aliphatic carbocycles. The summed E-state index contributed by atoms with van der Waals surface area (Å²) in [5, 5.41) is 12.6. The Balaban J connectivity index is 2.28. The number of aliphatic hydroxyl groups excluding tert-OH is 1. The van der Waals surface area contributed by atoms with Gasteiger partial charge < -0.3 is 5.11 Å². The number of benzene rings is 3. The molecule has 2 N–H and O–H groups in total. The van der Waals surface area contributed by atoms with Crippen molar-refractivity contribution in [2.45, 2.75) is 56.5 Å². The van der Waals surface area contributed by atoms with Crippen molar-refractivity contribution in [2.24, 2.45) is 0 Å². The Labute approximate surface area is 202 Å². The zero-order valence-electron chi connectivity index (χ0n) is 20.2. The first kappa shape index (κ1) is 25.6. The van der Waals surface area contributed by atoms with Crippen LogP contribution in [0.25, 0.3) is 0 Å². The maximum Gasteiger partial charge on any atom is 0.138 e. The molecule has 0 amide bonds. The molecule has 5 heteroatoms. The summed E-state index contributed by atoms with van der Waals surface area (Å²) in [6, 6.07) is 31.9. The summed E-state index contributed by atoms with van der Waals surface area (Å²) in [7, 11) is -3.82. The van der Waals surface area contributed by atoms with E-state index >= 15 is 0 Å². The first-order valence-corrected chi connectivity index (χ1v) is 15.0. The van der Waals surface area contributed by atoms with E-state index in [4.69, 9.17) is 0 Å².